The topological polar surface area (TPSA) is 84.0 Å². The second kappa shape index (κ2) is 7.21. The summed E-state index contributed by atoms with van der Waals surface area (Å²) in [7, 11) is 1.49. The predicted octanol–water partition coefficient (Wildman–Crippen LogP) is 2.46. The second-order valence-corrected chi connectivity index (χ2v) is 6.98. The van der Waals surface area contributed by atoms with E-state index < -0.39 is 5.82 Å². The number of methoxy groups -OCH3 is 1. The molecule has 0 aliphatic carbocycles. The van der Waals surface area contributed by atoms with Crippen molar-refractivity contribution in [1.82, 2.24) is 24.8 Å². The molecule has 1 aliphatic rings. The molecule has 1 N–H and O–H groups in total. The van der Waals surface area contributed by atoms with Gasteiger partial charge in [-0.25, -0.2) is 19.3 Å². The van der Waals surface area contributed by atoms with E-state index in [1.807, 2.05) is 0 Å². The number of likely N-dealkylation sites (tertiary alicyclic amines) is 1. The molecule has 0 atom stereocenters. The SMILES string of the molecule is COCC(=O)N1CC(Cc2nc(-c3c[nH]c4ncc(Cl)cc34)ncc2F)C1. The molecule has 1 fully saturated rings. The Labute approximate surface area is 159 Å². The number of carbonyl (C=O) groups excluding carboxylic acids is 1. The summed E-state index contributed by atoms with van der Waals surface area (Å²) in [4.78, 5) is 29.2. The van der Waals surface area contributed by atoms with Gasteiger partial charge in [0.1, 0.15) is 12.3 Å². The summed E-state index contributed by atoms with van der Waals surface area (Å²) >= 11 is 6.03. The maximum absolute atomic E-state index is 14.2. The summed E-state index contributed by atoms with van der Waals surface area (Å²) in [5, 5.41) is 1.28. The number of hydrogen-bond acceptors (Lipinski definition) is 5. The van der Waals surface area contributed by atoms with E-state index in [-0.39, 0.29) is 18.4 Å². The molecule has 0 aromatic carbocycles. The van der Waals surface area contributed by atoms with Gasteiger partial charge in [-0.1, -0.05) is 11.6 Å². The highest BCUT2D eigenvalue weighted by Gasteiger charge is 2.31. The van der Waals surface area contributed by atoms with Crippen LogP contribution in [0.4, 0.5) is 4.39 Å². The van der Waals surface area contributed by atoms with Crippen LogP contribution in [0.15, 0.2) is 24.7 Å². The summed E-state index contributed by atoms with van der Waals surface area (Å²) in [6.45, 7) is 1.22. The van der Waals surface area contributed by atoms with E-state index in [0.29, 0.717) is 47.3 Å². The minimum absolute atomic E-state index is 0.0548. The first-order chi connectivity index (χ1) is 13.0. The minimum atomic E-state index is -0.448. The van der Waals surface area contributed by atoms with Gasteiger partial charge >= 0.3 is 0 Å². The number of aromatic nitrogens is 4. The maximum atomic E-state index is 14.2. The number of nitrogens with one attached hydrogen (secondary N) is 1. The van der Waals surface area contributed by atoms with Crippen LogP contribution in [-0.4, -0.2) is 57.5 Å². The Morgan fingerprint density at radius 2 is 2.22 bits per heavy atom. The van der Waals surface area contributed by atoms with Gasteiger partial charge in [0.15, 0.2) is 11.6 Å². The van der Waals surface area contributed by atoms with Crippen LogP contribution in [0.3, 0.4) is 0 Å². The lowest BCUT2D eigenvalue weighted by molar-refractivity contribution is -0.141. The van der Waals surface area contributed by atoms with Gasteiger partial charge in [0, 0.05) is 43.5 Å². The molecule has 0 spiro atoms. The van der Waals surface area contributed by atoms with Crippen molar-refractivity contribution in [3.8, 4) is 11.4 Å². The zero-order valence-corrected chi connectivity index (χ0v) is 15.3. The molecule has 4 heterocycles. The Morgan fingerprint density at radius 3 is 3.00 bits per heavy atom. The highest BCUT2D eigenvalue weighted by atomic mass is 35.5. The molecule has 0 radical (unpaired) electrons. The quantitative estimate of drug-likeness (QED) is 0.724. The van der Waals surface area contributed by atoms with Gasteiger partial charge in [-0.2, -0.15) is 0 Å². The number of ether oxygens (including phenoxy) is 1. The molecular formula is C18H17ClFN5O2. The normalized spacial score (nSPS) is 14.6. The lowest BCUT2D eigenvalue weighted by Gasteiger charge is -2.39. The monoisotopic (exact) mass is 389 g/mol. The minimum Gasteiger partial charge on any atom is -0.375 e. The largest absolute Gasteiger partial charge is 0.375 e. The number of hydrogen-bond donors (Lipinski definition) is 1. The molecule has 27 heavy (non-hydrogen) atoms. The van der Waals surface area contributed by atoms with E-state index in [1.54, 1.807) is 23.4 Å². The fourth-order valence-electron chi connectivity index (χ4n) is 3.23. The van der Waals surface area contributed by atoms with Crippen molar-refractivity contribution in [2.45, 2.75) is 6.42 Å². The summed E-state index contributed by atoms with van der Waals surface area (Å²) in [5.74, 6) is 0.0766. The van der Waals surface area contributed by atoms with Crippen molar-refractivity contribution in [2.75, 3.05) is 26.8 Å². The number of amides is 1. The zero-order chi connectivity index (χ0) is 19.0. The van der Waals surface area contributed by atoms with Crippen LogP contribution in [0.25, 0.3) is 22.4 Å². The first-order valence-corrected chi connectivity index (χ1v) is 8.84. The summed E-state index contributed by atoms with van der Waals surface area (Å²) in [6, 6.07) is 1.77. The van der Waals surface area contributed by atoms with Gasteiger partial charge in [-0.05, 0) is 18.4 Å². The Morgan fingerprint density at radius 1 is 1.41 bits per heavy atom. The number of fused-ring (bicyclic) bond motifs is 1. The highest BCUT2D eigenvalue weighted by molar-refractivity contribution is 6.31. The Bertz CT molecular complexity index is 1000. The molecular weight excluding hydrogens is 373 g/mol. The first kappa shape index (κ1) is 17.8. The number of carbonyl (C=O) groups is 1. The third kappa shape index (κ3) is 3.50. The third-order valence-electron chi connectivity index (χ3n) is 4.62. The second-order valence-electron chi connectivity index (χ2n) is 6.54. The van der Waals surface area contributed by atoms with Gasteiger partial charge in [0.25, 0.3) is 0 Å². The van der Waals surface area contributed by atoms with Crippen LogP contribution in [0, 0.1) is 11.7 Å². The van der Waals surface area contributed by atoms with Crippen molar-refractivity contribution < 1.29 is 13.9 Å². The van der Waals surface area contributed by atoms with Crippen LogP contribution < -0.4 is 0 Å². The molecule has 1 amide bonds. The number of halogens is 2. The predicted molar refractivity (Wildman–Crippen MR) is 97.7 cm³/mol. The van der Waals surface area contributed by atoms with Gasteiger partial charge < -0.3 is 14.6 Å². The van der Waals surface area contributed by atoms with Crippen LogP contribution in [0.5, 0.6) is 0 Å². The van der Waals surface area contributed by atoms with E-state index in [4.69, 9.17) is 16.3 Å². The Balaban J connectivity index is 1.54. The molecule has 9 heteroatoms. The van der Waals surface area contributed by atoms with Gasteiger partial charge in [-0.15, -0.1) is 0 Å². The summed E-state index contributed by atoms with van der Waals surface area (Å²) in [6.07, 6.45) is 4.91. The molecule has 4 rings (SSSR count). The van der Waals surface area contributed by atoms with E-state index >= 15 is 0 Å². The summed E-state index contributed by atoms with van der Waals surface area (Å²) in [5.41, 5.74) is 1.72. The number of H-pyrrole nitrogens is 1. The van der Waals surface area contributed by atoms with Crippen molar-refractivity contribution in [2.24, 2.45) is 5.92 Å². The number of aromatic amines is 1. The maximum Gasteiger partial charge on any atom is 0.248 e. The average molecular weight is 390 g/mol. The summed E-state index contributed by atoms with van der Waals surface area (Å²) < 4.78 is 19.1. The molecule has 0 unspecified atom stereocenters. The van der Waals surface area contributed by atoms with Crippen molar-refractivity contribution in [3.63, 3.8) is 0 Å². The van der Waals surface area contributed by atoms with E-state index in [2.05, 4.69) is 19.9 Å². The van der Waals surface area contributed by atoms with Gasteiger partial charge in [-0.3, -0.25) is 4.79 Å². The highest BCUT2D eigenvalue weighted by Crippen LogP contribution is 2.28. The molecule has 3 aromatic heterocycles. The molecule has 0 saturated carbocycles. The van der Waals surface area contributed by atoms with Crippen LogP contribution in [-0.2, 0) is 16.0 Å². The zero-order valence-electron chi connectivity index (χ0n) is 14.6. The molecule has 140 valence electrons. The van der Waals surface area contributed by atoms with Crippen molar-refractivity contribution >= 4 is 28.5 Å². The van der Waals surface area contributed by atoms with E-state index in [0.717, 1.165) is 5.39 Å². The van der Waals surface area contributed by atoms with E-state index in [9.17, 15) is 9.18 Å². The van der Waals surface area contributed by atoms with Crippen molar-refractivity contribution in [1.29, 1.82) is 0 Å². The standard InChI is InChI=1S/C18H17ClFN5O2/c1-27-9-16(26)25-7-10(8-25)2-15-14(20)6-23-18(24-15)13-5-22-17-12(13)3-11(19)4-21-17/h3-6,10H,2,7-9H2,1H3,(H,21,22). The number of pyridine rings is 1. The Hall–Kier alpha value is -2.58. The molecule has 1 aliphatic heterocycles. The molecule has 0 bridgehead atoms. The molecule has 3 aromatic rings. The third-order valence-corrected chi connectivity index (χ3v) is 4.82. The van der Waals surface area contributed by atoms with Crippen molar-refractivity contribution in [3.05, 3.63) is 41.2 Å². The fraction of sp³-hybridized carbons (Fsp3) is 0.333. The van der Waals surface area contributed by atoms with Crippen LogP contribution >= 0.6 is 11.6 Å². The van der Waals surface area contributed by atoms with Gasteiger partial charge in [0.2, 0.25) is 5.91 Å². The molecule has 1 saturated heterocycles. The number of nitrogens with zero attached hydrogens (tertiary/aromatic N) is 4. The first-order valence-electron chi connectivity index (χ1n) is 8.46. The lowest BCUT2D eigenvalue weighted by Crippen LogP contribution is -2.52. The van der Waals surface area contributed by atoms with Gasteiger partial charge in [0.05, 0.1) is 16.9 Å². The smallest absolute Gasteiger partial charge is 0.248 e. The van der Waals surface area contributed by atoms with Crippen LogP contribution in [0.1, 0.15) is 5.69 Å². The number of rotatable bonds is 5. The van der Waals surface area contributed by atoms with E-state index in [1.165, 1.54) is 13.3 Å². The molecule has 7 nitrogen and oxygen atoms in total. The Kier molecular flexibility index (Phi) is 4.75. The fourth-order valence-corrected chi connectivity index (χ4v) is 3.39. The lowest BCUT2D eigenvalue weighted by atomic mass is 9.94. The average Bonchev–Trinajstić information content (AvgIpc) is 3.02. The van der Waals surface area contributed by atoms with Crippen LogP contribution in [0.2, 0.25) is 5.02 Å².